The number of furan rings is 1. The van der Waals surface area contributed by atoms with Gasteiger partial charge in [0.1, 0.15) is 17.2 Å². The van der Waals surface area contributed by atoms with Crippen LogP contribution < -0.4 is 10.1 Å². The maximum Gasteiger partial charge on any atom is 0.268 e. The smallest absolute Gasteiger partial charge is 0.268 e. The average molecular weight is 374 g/mol. The minimum absolute atomic E-state index is 0.124. The third kappa shape index (κ3) is 3.64. The Bertz CT molecular complexity index is 1090. The fourth-order valence-electron chi connectivity index (χ4n) is 3.31. The van der Waals surface area contributed by atoms with E-state index in [-0.39, 0.29) is 5.91 Å². The molecule has 2 heterocycles. The molecule has 5 nitrogen and oxygen atoms in total. The lowest BCUT2D eigenvalue weighted by Gasteiger charge is -2.11. The molecule has 1 N–H and O–H groups in total. The lowest BCUT2D eigenvalue weighted by Crippen LogP contribution is -2.25. The number of hydrogen-bond donors (Lipinski definition) is 1. The summed E-state index contributed by atoms with van der Waals surface area (Å²) in [4.78, 5) is 12.9. The predicted octanol–water partition coefficient (Wildman–Crippen LogP) is 4.53. The van der Waals surface area contributed by atoms with Crippen molar-refractivity contribution >= 4 is 17.0 Å². The van der Waals surface area contributed by atoms with Crippen molar-refractivity contribution in [3.8, 4) is 5.75 Å². The fraction of sp³-hybridized carbons (Fsp3) is 0.174. The van der Waals surface area contributed by atoms with Crippen LogP contribution in [-0.2, 0) is 13.1 Å². The zero-order valence-corrected chi connectivity index (χ0v) is 15.9. The Hall–Kier alpha value is -3.47. The molecule has 0 bridgehead atoms. The standard InChI is InChI=1S/C23H22N2O3/c1-16-12-20-22(28-16)13-21(23(26)24-14-17-6-4-3-5-7-17)25(20)15-18-8-10-19(27-2)11-9-18/h3-13H,14-15H2,1-2H3,(H,24,26). The van der Waals surface area contributed by atoms with Gasteiger partial charge in [0, 0.05) is 25.2 Å². The number of amides is 1. The van der Waals surface area contributed by atoms with Gasteiger partial charge >= 0.3 is 0 Å². The molecule has 4 rings (SSSR count). The summed E-state index contributed by atoms with van der Waals surface area (Å²) in [6, 6.07) is 21.5. The van der Waals surface area contributed by atoms with Gasteiger partial charge in [-0.15, -0.1) is 0 Å². The largest absolute Gasteiger partial charge is 0.497 e. The van der Waals surface area contributed by atoms with Crippen LogP contribution in [-0.4, -0.2) is 17.6 Å². The van der Waals surface area contributed by atoms with Gasteiger partial charge in [-0.1, -0.05) is 42.5 Å². The van der Waals surface area contributed by atoms with Crippen molar-refractivity contribution in [3.05, 3.63) is 89.3 Å². The van der Waals surface area contributed by atoms with Crippen molar-refractivity contribution in [2.45, 2.75) is 20.0 Å². The van der Waals surface area contributed by atoms with E-state index in [2.05, 4.69) is 5.32 Å². The minimum atomic E-state index is -0.124. The molecule has 2 aromatic carbocycles. The Balaban J connectivity index is 1.62. The van der Waals surface area contributed by atoms with E-state index in [0.29, 0.717) is 18.8 Å². The quantitative estimate of drug-likeness (QED) is 0.539. The van der Waals surface area contributed by atoms with Crippen LogP contribution >= 0.6 is 0 Å². The Morgan fingerprint density at radius 1 is 1.04 bits per heavy atom. The summed E-state index contributed by atoms with van der Waals surface area (Å²) >= 11 is 0. The van der Waals surface area contributed by atoms with Crippen LogP contribution in [0.3, 0.4) is 0 Å². The van der Waals surface area contributed by atoms with E-state index in [1.807, 2.05) is 78.2 Å². The second-order valence-electron chi connectivity index (χ2n) is 6.74. The highest BCUT2D eigenvalue weighted by Crippen LogP contribution is 2.25. The van der Waals surface area contributed by atoms with Crippen molar-refractivity contribution in [2.24, 2.45) is 0 Å². The van der Waals surface area contributed by atoms with Gasteiger partial charge in [-0.2, -0.15) is 0 Å². The third-order valence-electron chi connectivity index (χ3n) is 4.74. The summed E-state index contributed by atoms with van der Waals surface area (Å²) in [6.45, 7) is 2.96. The molecule has 0 saturated carbocycles. The van der Waals surface area contributed by atoms with E-state index >= 15 is 0 Å². The Kier molecular flexibility index (Phi) is 4.89. The number of hydrogen-bond acceptors (Lipinski definition) is 3. The Morgan fingerprint density at radius 2 is 1.79 bits per heavy atom. The number of carbonyl (C=O) groups is 1. The summed E-state index contributed by atoms with van der Waals surface area (Å²) in [5, 5.41) is 3.00. The van der Waals surface area contributed by atoms with Crippen molar-refractivity contribution in [2.75, 3.05) is 7.11 Å². The van der Waals surface area contributed by atoms with Gasteiger partial charge < -0.3 is 19.0 Å². The topological polar surface area (TPSA) is 56.4 Å². The second kappa shape index (κ2) is 7.64. The van der Waals surface area contributed by atoms with E-state index in [1.165, 1.54) is 0 Å². The number of fused-ring (bicyclic) bond motifs is 1. The van der Waals surface area contributed by atoms with Crippen LogP contribution in [0, 0.1) is 6.92 Å². The van der Waals surface area contributed by atoms with Crippen LogP contribution in [0.25, 0.3) is 11.1 Å². The zero-order chi connectivity index (χ0) is 19.5. The predicted molar refractivity (Wildman–Crippen MR) is 109 cm³/mol. The molecular weight excluding hydrogens is 352 g/mol. The second-order valence-corrected chi connectivity index (χ2v) is 6.74. The first-order valence-electron chi connectivity index (χ1n) is 9.19. The number of methoxy groups -OCH3 is 1. The third-order valence-corrected chi connectivity index (χ3v) is 4.74. The maximum absolute atomic E-state index is 12.9. The van der Waals surface area contributed by atoms with Crippen LogP contribution in [0.4, 0.5) is 0 Å². The number of aromatic nitrogens is 1. The van der Waals surface area contributed by atoms with Crippen molar-refractivity contribution in [1.29, 1.82) is 0 Å². The van der Waals surface area contributed by atoms with E-state index in [9.17, 15) is 4.79 Å². The number of nitrogens with zero attached hydrogens (tertiary/aromatic N) is 1. The van der Waals surface area contributed by atoms with E-state index in [1.54, 1.807) is 7.11 Å². The number of benzene rings is 2. The van der Waals surface area contributed by atoms with Crippen LogP contribution in [0.1, 0.15) is 27.4 Å². The number of ether oxygens (including phenoxy) is 1. The molecule has 28 heavy (non-hydrogen) atoms. The zero-order valence-electron chi connectivity index (χ0n) is 15.9. The SMILES string of the molecule is COc1ccc(Cn2c(C(=O)NCc3ccccc3)cc3oc(C)cc32)cc1. The molecule has 0 atom stereocenters. The van der Waals surface area contributed by atoms with E-state index in [0.717, 1.165) is 33.7 Å². The molecule has 0 radical (unpaired) electrons. The van der Waals surface area contributed by atoms with Gasteiger partial charge in [0.2, 0.25) is 0 Å². The average Bonchev–Trinajstić information content (AvgIpc) is 3.24. The van der Waals surface area contributed by atoms with E-state index < -0.39 is 0 Å². The molecule has 0 aliphatic carbocycles. The van der Waals surface area contributed by atoms with Gasteiger partial charge in [0.05, 0.1) is 12.6 Å². The van der Waals surface area contributed by atoms with Gasteiger partial charge in [-0.05, 0) is 30.2 Å². The summed E-state index contributed by atoms with van der Waals surface area (Å²) in [5.41, 5.74) is 4.35. The molecule has 1 amide bonds. The monoisotopic (exact) mass is 374 g/mol. The molecule has 2 aromatic heterocycles. The number of nitrogens with one attached hydrogen (secondary N) is 1. The van der Waals surface area contributed by atoms with Crippen molar-refractivity contribution in [1.82, 2.24) is 9.88 Å². The maximum atomic E-state index is 12.9. The molecule has 0 spiro atoms. The molecule has 142 valence electrons. The van der Waals surface area contributed by atoms with E-state index in [4.69, 9.17) is 9.15 Å². The molecule has 5 heteroatoms. The first kappa shape index (κ1) is 17.9. The first-order valence-corrected chi connectivity index (χ1v) is 9.19. The number of rotatable bonds is 6. The fourth-order valence-corrected chi connectivity index (χ4v) is 3.31. The molecule has 0 saturated heterocycles. The summed E-state index contributed by atoms with van der Waals surface area (Å²) in [7, 11) is 1.65. The summed E-state index contributed by atoms with van der Waals surface area (Å²) in [6.07, 6.45) is 0. The van der Waals surface area contributed by atoms with Crippen LogP contribution in [0.5, 0.6) is 5.75 Å². The van der Waals surface area contributed by atoms with Gasteiger partial charge in [-0.3, -0.25) is 4.79 Å². The normalized spacial score (nSPS) is 10.9. The van der Waals surface area contributed by atoms with Crippen LogP contribution in [0.15, 0.2) is 71.1 Å². The van der Waals surface area contributed by atoms with Crippen LogP contribution in [0.2, 0.25) is 0 Å². The van der Waals surface area contributed by atoms with Crippen molar-refractivity contribution in [3.63, 3.8) is 0 Å². The molecule has 4 aromatic rings. The number of aryl methyl sites for hydroxylation is 1. The van der Waals surface area contributed by atoms with Gasteiger partial charge in [-0.25, -0.2) is 0 Å². The minimum Gasteiger partial charge on any atom is -0.497 e. The molecular formula is C23H22N2O3. The van der Waals surface area contributed by atoms with Gasteiger partial charge in [0.25, 0.3) is 5.91 Å². The summed E-state index contributed by atoms with van der Waals surface area (Å²) < 4.78 is 13.0. The lowest BCUT2D eigenvalue weighted by atomic mass is 10.2. The molecule has 0 fully saturated rings. The molecule has 0 aliphatic heterocycles. The highest BCUT2D eigenvalue weighted by Gasteiger charge is 2.18. The molecule has 0 aliphatic rings. The highest BCUT2D eigenvalue weighted by molar-refractivity contribution is 5.97. The Morgan fingerprint density at radius 3 is 2.50 bits per heavy atom. The van der Waals surface area contributed by atoms with Gasteiger partial charge in [0.15, 0.2) is 5.58 Å². The lowest BCUT2D eigenvalue weighted by molar-refractivity contribution is 0.0942. The van der Waals surface area contributed by atoms with Crippen molar-refractivity contribution < 1.29 is 13.9 Å². The Labute approximate surface area is 163 Å². The first-order chi connectivity index (χ1) is 13.6. The number of carbonyl (C=O) groups excluding carboxylic acids is 1. The summed E-state index contributed by atoms with van der Waals surface area (Å²) in [5.74, 6) is 1.51. The highest BCUT2D eigenvalue weighted by atomic mass is 16.5. The molecule has 0 unspecified atom stereocenters.